The van der Waals surface area contributed by atoms with Crippen molar-refractivity contribution >= 4 is 324 Å². The summed E-state index contributed by atoms with van der Waals surface area (Å²) in [6.07, 6.45) is 0. The van der Waals surface area contributed by atoms with Gasteiger partial charge in [0.15, 0.2) is 39.0 Å². The second kappa shape index (κ2) is 15.6. The molecule has 0 aliphatic rings. The highest BCUT2D eigenvalue weighted by atomic mass is 35.6. The van der Waals surface area contributed by atoms with Gasteiger partial charge in [-0.2, -0.15) is 0 Å². The Morgan fingerprint density at radius 2 is 0.432 bits per heavy atom. The zero-order valence-corrected chi connectivity index (χ0v) is 39.7. The van der Waals surface area contributed by atoms with Crippen molar-refractivity contribution in [2.45, 2.75) is 56.0 Å². The molecule has 0 aliphatic carbocycles. The van der Waals surface area contributed by atoms with Gasteiger partial charge in [0.05, 0.1) is 0 Å². The SMILES string of the molecule is O=[SH](=O)OC(Cl)(Cl)C(Cl)(Cl)C(Cl)(Cl)C(Cl)(Cl)C(Cl)(Cl)C(Cl)(Cl)C(Cl)(Cl)C(Cl)(Cl)C(Cl)(Cl)C(Cl)(Cl)C(Cl)(Cl)C(Cl)(Cl)C(Cl)(Cl)Cl. The van der Waals surface area contributed by atoms with E-state index in [1.54, 1.807) is 0 Å². The van der Waals surface area contributed by atoms with Crippen molar-refractivity contribution in [3.8, 4) is 0 Å². The van der Waals surface area contributed by atoms with Gasteiger partial charge in [-0.1, -0.05) is 313 Å². The molecule has 0 aliphatic heterocycles. The maximum absolute atomic E-state index is 11.1. The van der Waals surface area contributed by atoms with E-state index < -0.39 is 67.0 Å². The van der Waals surface area contributed by atoms with Crippen LogP contribution in [0, 0.1) is 0 Å². The summed E-state index contributed by atoms with van der Waals surface area (Å²) in [5.41, 5.74) is 0. The fourth-order valence-electron chi connectivity index (χ4n) is 2.29. The van der Waals surface area contributed by atoms with Crippen molar-refractivity contribution < 1.29 is 12.6 Å². The Labute approximate surface area is 386 Å². The molecular formula is C13HCl27O3S. The standard InChI is InChI=1S/C13HCl27O3S/c14-1(15,2(16,17)4(20,21)6(24,25)8(28,29)10(32,33)12(36,37)38)3(18,19)5(22,23)7(26,27)9(30,31)11(34,35)13(39,40)43-44(41)42/h44H. The molecule has 3 nitrogen and oxygen atoms in total. The third-order valence-corrected chi connectivity index (χ3v) is 24.3. The first-order valence-electron chi connectivity index (χ1n) is 8.85. The van der Waals surface area contributed by atoms with Crippen molar-refractivity contribution in [1.29, 1.82) is 0 Å². The Bertz CT molecular complexity index is 1140. The van der Waals surface area contributed by atoms with Crippen LogP contribution in [0.3, 0.4) is 0 Å². The maximum Gasteiger partial charge on any atom is 0.270 e. The summed E-state index contributed by atoms with van der Waals surface area (Å²) in [7, 11) is -3.92. The van der Waals surface area contributed by atoms with Crippen LogP contribution in [0.4, 0.5) is 0 Å². The first-order valence-corrected chi connectivity index (χ1v) is 20.2. The lowest BCUT2D eigenvalue weighted by atomic mass is 9.98. The average molecular weight is 1190 g/mol. The number of halogens is 27. The largest absolute Gasteiger partial charge is 0.270 e. The molecule has 0 aromatic heterocycles. The lowest BCUT2D eigenvalue weighted by molar-refractivity contribution is 0.223. The predicted molar refractivity (Wildman–Crippen MR) is 205 cm³/mol. The second-order valence-electron chi connectivity index (χ2n) is 7.65. The van der Waals surface area contributed by atoms with Gasteiger partial charge in [0.1, 0.15) is 0 Å². The normalized spacial score (nSPS) is 17.0. The van der Waals surface area contributed by atoms with Gasteiger partial charge in [-0.15, -0.1) is 0 Å². The highest BCUT2D eigenvalue weighted by molar-refractivity contribution is 7.67. The Hall–Kier alpha value is 7.74. The zero-order valence-electron chi connectivity index (χ0n) is 18.4. The van der Waals surface area contributed by atoms with Gasteiger partial charge in [0, 0.05) is 0 Å². The van der Waals surface area contributed by atoms with Crippen LogP contribution in [-0.2, 0) is 15.2 Å². The highest BCUT2D eigenvalue weighted by Crippen LogP contribution is 2.76. The van der Waals surface area contributed by atoms with E-state index in [1.807, 2.05) is 0 Å². The Balaban J connectivity index is 7.47. The maximum atomic E-state index is 11.1. The zero-order chi connectivity index (χ0) is 36.8. The molecule has 266 valence electrons. The molecule has 0 unspecified atom stereocenters. The minimum absolute atomic E-state index is 2.82. The number of alkyl halides is 27. The summed E-state index contributed by atoms with van der Waals surface area (Å²) < 4.78 is -17.3. The molecule has 0 aromatic carbocycles. The molecule has 0 aromatic rings. The second-order valence-corrected chi connectivity index (χ2v) is 26.4. The summed E-state index contributed by atoms with van der Waals surface area (Å²) in [6, 6.07) is 0. The van der Waals surface area contributed by atoms with Gasteiger partial charge in [0.2, 0.25) is 12.5 Å². The fraction of sp³-hybridized carbons (Fsp3) is 1.00. The van der Waals surface area contributed by atoms with Crippen LogP contribution >= 0.6 is 313 Å². The predicted octanol–water partition coefficient (Wildman–Crippen LogP) is 14.9. The van der Waals surface area contributed by atoms with Crippen molar-refractivity contribution in [1.82, 2.24) is 0 Å². The third-order valence-electron chi connectivity index (χ3n) is 4.85. The van der Waals surface area contributed by atoms with Crippen LogP contribution in [0.15, 0.2) is 0 Å². The van der Waals surface area contributed by atoms with Crippen molar-refractivity contribution in [3.05, 3.63) is 0 Å². The molecule has 0 atom stereocenters. The summed E-state index contributed by atoms with van der Waals surface area (Å²) in [5, 5.41) is 0. The van der Waals surface area contributed by atoms with E-state index in [4.69, 9.17) is 313 Å². The first-order chi connectivity index (χ1) is 18.4. The molecule has 0 bridgehead atoms. The lowest BCUT2D eigenvalue weighted by Gasteiger charge is -2.57. The fourth-order valence-corrected chi connectivity index (χ4v) is 11.7. The van der Waals surface area contributed by atoms with E-state index in [2.05, 4.69) is 4.18 Å². The van der Waals surface area contributed by atoms with Gasteiger partial charge in [-0.3, -0.25) is 0 Å². The van der Waals surface area contributed by atoms with E-state index in [-0.39, 0.29) is 0 Å². The lowest BCUT2D eigenvalue weighted by Crippen LogP contribution is -2.74. The van der Waals surface area contributed by atoms with Gasteiger partial charge in [0.25, 0.3) is 15.5 Å². The van der Waals surface area contributed by atoms with E-state index in [0.717, 1.165) is 0 Å². The van der Waals surface area contributed by atoms with Crippen molar-refractivity contribution in [3.63, 3.8) is 0 Å². The number of hydrogen-bond donors (Lipinski definition) is 1. The minimum Gasteiger partial charge on any atom is -0.229 e. The molecular weight excluding hydrogens is 1190 g/mol. The van der Waals surface area contributed by atoms with Gasteiger partial charge in [-0.25, -0.2) is 12.6 Å². The van der Waals surface area contributed by atoms with Crippen molar-refractivity contribution in [2.75, 3.05) is 0 Å². The van der Waals surface area contributed by atoms with Gasteiger partial charge >= 0.3 is 0 Å². The van der Waals surface area contributed by atoms with E-state index in [9.17, 15) is 8.42 Å². The van der Waals surface area contributed by atoms with Crippen LogP contribution in [0.25, 0.3) is 0 Å². The molecule has 44 heavy (non-hydrogen) atoms. The molecule has 0 spiro atoms. The summed E-state index contributed by atoms with van der Waals surface area (Å²) in [4.78, 5) is 0. The van der Waals surface area contributed by atoms with Crippen LogP contribution in [0.2, 0.25) is 0 Å². The van der Waals surface area contributed by atoms with Gasteiger partial charge in [-0.05, 0) is 0 Å². The van der Waals surface area contributed by atoms with E-state index in [0.29, 0.717) is 0 Å². The molecule has 0 fully saturated rings. The summed E-state index contributed by atoms with van der Waals surface area (Å²) in [5.74, 6) is 0. The molecule has 0 N–H and O–H groups in total. The number of rotatable bonds is 13. The van der Waals surface area contributed by atoms with Crippen LogP contribution in [-0.4, -0.2) is 64.4 Å². The average Bonchev–Trinajstić information content (AvgIpc) is 2.75. The van der Waals surface area contributed by atoms with Crippen molar-refractivity contribution in [2.24, 2.45) is 0 Å². The van der Waals surface area contributed by atoms with E-state index in [1.165, 1.54) is 0 Å². The smallest absolute Gasteiger partial charge is 0.229 e. The first kappa shape index (κ1) is 51.7. The molecule has 0 saturated heterocycles. The highest BCUT2D eigenvalue weighted by Gasteiger charge is 2.86. The minimum atomic E-state index is -3.92. The Morgan fingerprint density at radius 1 is 0.273 bits per heavy atom. The molecule has 31 heteroatoms. The van der Waals surface area contributed by atoms with E-state index >= 15 is 0 Å². The van der Waals surface area contributed by atoms with Crippen LogP contribution in [0.1, 0.15) is 0 Å². The monoisotopic (exact) mass is 1180 g/mol. The number of hydrogen-bond acceptors (Lipinski definition) is 3. The molecule has 0 saturated carbocycles. The Morgan fingerprint density at radius 3 is 0.591 bits per heavy atom. The van der Waals surface area contributed by atoms with Crippen LogP contribution in [0.5, 0.6) is 0 Å². The van der Waals surface area contributed by atoms with Crippen LogP contribution < -0.4 is 0 Å². The molecule has 0 radical (unpaired) electrons. The number of thiol groups is 1. The van der Waals surface area contributed by atoms with Gasteiger partial charge < -0.3 is 0 Å². The topological polar surface area (TPSA) is 43.4 Å². The molecule has 0 heterocycles. The quantitative estimate of drug-likeness (QED) is 0.148. The third kappa shape index (κ3) is 8.11. The summed E-state index contributed by atoms with van der Waals surface area (Å²) in [6.45, 7) is 0. The molecule has 0 amide bonds. The molecule has 0 rings (SSSR count). The Kier molecular flexibility index (Phi) is 18.3. The summed E-state index contributed by atoms with van der Waals surface area (Å²) >= 11 is 167.